The van der Waals surface area contributed by atoms with E-state index in [0.29, 0.717) is 6.54 Å². The number of rotatable bonds is 7. The van der Waals surface area contributed by atoms with Crippen LogP contribution >= 0.6 is 0 Å². The van der Waals surface area contributed by atoms with Crippen LogP contribution in [0.5, 0.6) is 0 Å². The van der Waals surface area contributed by atoms with Gasteiger partial charge in [-0.25, -0.2) is 4.79 Å². The summed E-state index contributed by atoms with van der Waals surface area (Å²) < 4.78 is 1.89. The lowest BCUT2D eigenvalue weighted by Gasteiger charge is -2.15. The summed E-state index contributed by atoms with van der Waals surface area (Å²) in [7, 11) is 1.93. The Hall–Kier alpha value is -1.56. The summed E-state index contributed by atoms with van der Waals surface area (Å²) in [6, 6.07) is -0.261. The predicted molar refractivity (Wildman–Crippen MR) is 83.0 cm³/mol. The van der Waals surface area contributed by atoms with E-state index in [1.165, 1.54) is 0 Å². The molecule has 0 spiro atoms. The fourth-order valence-corrected chi connectivity index (χ4v) is 2.26. The lowest BCUT2D eigenvalue weighted by Crippen LogP contribution is -2.40. The second-order valence-electron chi connectivity index (χ2n) is 5.58. The largest absolute Gasteiger partial charge is 0.391 e. The van der Waals surface area contributed by atoms with E-state index in [1.54, 1.807) is 0 Å². The molecule has 6 nitrogen and oxygen atoms in total. The molecule has 1 aromatic rings. The topological polar surface area (TPSA) is 79.2 Å². The molecule has 1 aromatic heterocycles. The number of urea groups is 1. The van der Waals surface area contributed by atoms with Gasteiger partial charge in [-0.2, -0.15) is 5.10 Å². The molecule has 1 unspecified atom stereocenters. The second-order valence-corrected chi connectivity index (χ2v) is 5.58. The number of nitrogens with one attached hydrogen (secondary N) is 2. The highest BCUT2D eigenvalue weighted by molar-refractivity contribution is 5.73. The first-order valence-electron chi connectivity index (χ1n) is 7.64. The molecule has 1 rings (SSSR count). The summed E-state index contributed by atoms with van der Waals surface area (Å²) in [6.45, 7) is 8.70. The fourth-order valence-electron chi connectivity index (χ4n) is 2.26. The van der Waals surface area contributed by atoms with Crippen molar-refractivity contribution in [2.24, 2.45) is 13.0 Å². The first-order valence-corrected chi connectivity index (χ1v) is 7.64. The third kappa shape index (κ3) is 4.74. The maximum atomic E-state index is 11.8. The molecular weight excluding hydrogens is 268 g/mol. The van der Waals surface area contributed by atoms with Crippen LogP contribution in [0, 0.1) is 5.92 Å². The average Bonchev–Trinajstić information content (AvgIpc) is 2.77. The zero-order valence-corrected chi connectivity index (χ0v) is 13.7. The van der Waals surface area contributed by atoms with Crippen molar-refractivity contribution in [3.05, 3.63) is 17.0 Å². The third-order valence-electron chi connectivity index (χ3n) is 3.69. The SMILES string of the molecule is CCc1nn(C)c(CC)c1CNC(=O)NCC(O)C(C)C. The Morgan fingerprint density at radius 2 is 1.95 bits per heavy atom. The highest BCUT2D eigenvalue weighted by Crippen LogP contribution is 2.15. The first kappa shape index (κ1) is 17.5. The van der Waals surface area contributed by atoms with Crippen molar-refractivity contribution in [3.8, 4) is 0 Å². The molecule has 2 amide bonds. The molecule has 0 saturated heterocycles. The second kappa shape index (κ2) is 8.02. The van der Waals surface area contributed by atoms with Gasteiger partial charge >= 0.3 is 6.03 Å². The Labute approximate surface area is 126 Å². The maximum Gasteiger partial charge on any atom is 0.315 e. The number of nitrogens with zero attached hydrogens (tertiary/aromatic N) is 2. The van der Waals surface area contributed by atoms with Crippen LogP contribution < -0.4 is 10.6 Å². The minimum Gasteiger partial charge on any atom is -0.391 e. The number of aliphatic hydroxyl groups excluding tert-OH is 1. The van der Waals surface area contributed by atoms with Crippen molar-refractivity contribution in [2.45, 2.75) is 53.2 Å². The smallest absolute Gasteiger partial charge is 0.315 e. The van der Waals surface area contributed by atoms with Crippen molar-refractivity contribution in [1.82, 2.24) is 20.4 Å². The summed E-state index contributed by atoms with van der Waals surface area (Å²) in [5, 5.41) is 19.7. The van der Waals surface area contributed by atoms with Gasteiger partial charge in [0, 0.05) is 31.4 Å². The molecular formula is C15H28N4O2. The van der Waals surface area contributed by atoms with Gasteiger partial charge in [-0.05, 0) is 18.8 Å². The maximum absolute atomic E-state index is 11.8. The van der Waals surface area contributed by atoms with Gasteiger partial charge in [-0.15, -0.1) is 0 Å². The van der Waals surface area contributed by atoms with E-state index in [4.69, 9.17) is 0 Å². The molecule has 0 aromatic carbocycles. The quantitative estimate of drug-likeness (QED) is 0.711. The standard InChI is InChI=1S/C15H28N4O2/c1-6-12-11(13(7-2)19(5)18-12)8-16-15(21)17-9-14(20)10(3)4/h10,14,20H,6-9H2,1-5H3,(H2,16,17,21). The fraction of sp³-hybridized carbons (Fsp3) is 0.733. The molecule has 0 aliphatic carbocycles. The lowest BCUT2D eigenvalue weighted by molar-refractivity contribution is 0.125. The minimum absolute atomic E-state index is 0.127. The first-order chi connectivity index (χ1) is 9.90. The Morgan fingerprint density at radius 3 is 2.48 bits per heavy atom. The van der Waals surface area contributed by atoms with Gasteiger partial charge in [0.25, 0.3) is 0 Å². The van der Waals surface area contributed by atoms with Crippen LogP contribution in [0.15, 0.2) is 0 Å². The molecule has 0 fully saturated rings. The van der Waals surface area contributed by atoms with Crippen molar-refractivity contribution >= 4 is 6.03 Å². The van der Waals surface area contributed by atoms with Crippen molar-refractivity contribution in [2.75, 3.05) is 6.54 Å². The molecule has 6 heteroatoms. The highest BCUT2D eigenvalue weighted by atomic mass is 16.3. The van der Waals surface area contributed by atoms with Crippen LogP contribution in [-0.4, -0.2) is 33.6 Å². The number of carbonyl (C=O) groups excluding carboxylic acids is 1. The average molecular weight is 296 g/mol. The minimum atomic E-state index is -0.522. The number of carbonyl (C=O) groups is 1. The molecule has 0 aliphatic heterocycles. The van der Waals surface area contributed by atoms with E-state index in [0.717, 1.165) is 29.8 Å². The zero-order chi connectivity index (χ0) is 16.0. The Balaban J connectivity index is 2.57. The van der Waals surface area contributed by atoms with Gasteiger partial charge in [-0.3, -0.25) is 4.68 Å². The van der Waals surface area contributed by atoms with Crippen molar-refractivity contribution in [3.63, 3.8) is 0 Å². The Morgan fingerprint density at radius 1 is 1.29 bits per heavy atom. The van der Waals surface area contributed by atoms with Gasteiger partial charge in [-0.1, -0.05) is 27.7 Å². The van der Waals surface area contributed by atoms with Gasteiger partial charge in [0.1, 0.15) is 0 Å². The molecule has 0 saturated carbocycles. The summed E-state index contributed by atoms with van der Waals surface area (Å²) in [5.74, 6) is 0.127. The summed E-state index contributed by atoms with van der Waals surface area (Å²) in [6.07, 6.45) is 1.21. The number of aliphatic hydroxyl groups is 1. The van der Waals surface area contributed by atoms with Crippen molar-refractivity contribution < 1.29 is 9.90 Å². The number of amides is 2. The molecule has 0 radical (unpaired) electrons. The van der Waals surface area contributed by atoms with Crippen molar-refractivity contribution in [1.29, 1.82) is 0 Å². The van der Waals surface area contributed by atoms with Crippen LogP contribution in [0.25, 0.3) is 0 Å². The highest BCUT2D eigenvalue weighted by Gasteiger charge is 2.15. The molecule has 21 heavy (non-hydrogen) atoms. The Bertz CT molecular complexity index is 468. The summed E-state index contributed by atoms with van der Waals surface area (Å²) >= 11 is 0. The van der Waals surface area contributed by atoms with E-state index in [2.05, 4.69) is 29.6 Å². The van der Waals surface area contributed by atoms with Crippen LogP contribution in [-0.2, 0) is 26.4 Å². The zero-order valence-electron chi connectivity index (χ0n) is 13.7. The third-order valence-corrected chi connectivity index (χ3v) is 3.69. The van der Waals surface area contributed by atoms with Gasteiger partial charge in [0.05, 0.1) is 11.8 Å². The van der Waals surface area contributed by atoms with Crippen LogP contribution in [0.2, 0.25) is 0 Å². The van der Waals surface area contributed by atoms with E-state index in [-0.39, 0.29) is 18.5 Å². The number of aryl methyl sites for hydroxylation is 2. The van der Waals surface area contributed by atoms with E-state index < -0.39 is 6.10 Å². The van der Waals surface area contributed by atoms with E-state index in [9.17, 15) is 9.90 Å². The molecule has 1 atom stereocenters. The molecule has 120 valence electrons. The van der Waals surface area contributed by atoms with Gasteiger partial charge in [0.15, 0.2) is 0 Å². The molecule has 0 bridgehead atoms. The molecule has 3 N–H and O–H groups in total. The van der Waals surface area contributed by atoms with E-state index >= 15 is 0 Å². The predicted octanol–water partition coefficient (Wildman–Crippen LogP) is 1.36. The van der Waals surface area contributed by atoms with E-state index in [1.807, 2.05) is 25.6 Å². The molecule has 1 heterocycles. The molecule has 0 aliphatic rings. The normalized spacial score (nSPS) is 12.5. The summed E-state index contributed by atoms with van der Waals surface area (Å²) in [5.41, 5.74) is 3.27. The number of aromatic nitrogens is 2. The van der Waals surface area contributed by atoms with Crippen LogP contribution in [0.3, 0.4) is 0 Å². The number of hydrogen-bond donors (Lipinski definition) is 3. The van der Waals surface area contributed by atoms with Crippen LogP contribution in [0.4, 0.5) is 4.79 Å². The van der Waals surface area contributed by atoms with Gasteiger partial charge < -0.3 is 15.7 Å². The monoisotopic (exact) mass is 296 g/mol. The Kier molecular flexibility index (Phi) is 6.68. The van der Waals surface area contributed by atoms with Gasteiger partial charge in [0.2, 0.25) is 0 Å². The summed E-state index contributed by atoms with van der Waals surface area (Å²) in [4.78, 5) is 11.8. The lowest BCUT2D eigenvalue weighted by atomic mass is 10.1. The van der Waals surface area contributed by atoms with Crippen LogP contribution in [0.1, 0.15) is 44.6 Å². The number of hydrogen-bond acceptors (Lipinski definition) is 3.